The van der Waals surface area contributed by atoms with Crippen LogP contribution in [-0.4, -0.2) is 36.5 Å². The second kappa shape index (κ2) is 7.63. The molecule has 0 aliphatic heterocycles. The fourth-order valence-electron chi connectivity index (χ4n) is 3.59. The van der Waals surface area contributed by atoms with Crippen molar-refractivity contribution in [1.82, 2.24) is 29.3 Å². The Bertz CT molecular complexity index is 1150. The summed E-state index contributed by atoms with van der Waals surface area (Å²) in [5.41, 5.74) is 4.33. The van der Waals surface area contributed by atoms with Crippen LogP contribution in [0.25, 0.3) is 16.6 Å². The van der Waals surface area contributed by atoms with E-state index in [2.05, 4.69) is 35.4 Å². The standard InChI is InChI=1S/C20H26N6O2/c1-14(21-7-4-8-25-16(3)11-15(2)23-25)5-9-26-20(27)18-12-19-17(6-10-28-19)24(18)13-22-26/h6,10-14,21H,4-5,7-9H2,1-3H3. The number of nitrogens with zero attached hydrogens (tertiary/aromatic N) is 5. The largest absolute Gasteiger partial charge is 0.463 e. The predicted octanol–water partition coefficient (Wildman–Crippen LogP) is 2.51. The maximum atomic E-state index is 12.7. The van der Waals surface area contributed by atoms with Gasteiger partial charge < -0.3 is 9.73 Å². The van der Waals surface area contributed by atoms with Gasteiger partial charge in [0.2, 0.25) is 0 Å². The zero-order valence-electron chi connectivity index (χ0n) is 16.6. The molecule has 8 nitrogen and oxygen atoms in total. The Balaban J connectivity index is 1.29. The molecule has 0 radical (unpaired) electrons. The molecule has 28 heavy (non-hydrogen) atoms. The molecule has 4 heterocycles. The number of rotatable bonds is 8. The van der Waals surface area contributed by atoms with E-state index in [1.54, 1.807) is 23.1 Å². The van der Waals surface area contributed by atoms with E-state index >= 15 is 0 Å². The van der Waals surface area contributed by atoms with Crippen LogP contribution in [0.1, 0.15) is 31.2 Å². The Morgan fingerprint density at radius 3 is 2.82 bits per heavy atom. The Morgan fingerprint density at radius 2 is 2.04 bits per heavy atom. The molecule has 0 bridgehead atoms. The lowest BCUT2D eigenvalue weighted by atomic mass is 10.2. The molecule has 4 aromatic heterocycles. The summed E-state index contributed by atoms with van der Waals surface area (Å²) >= 11 is 0. The second-order valence-electron chi connectivity index (χ2n) is 7.38. The average molecular weight is 382 g/mol. The molecule has 0 saturated carbocycles. The Kier molecular flexibility index (Phi) is 5.04. The van der Waals surface area contributed by atoms with Gasteiger partial charge in [-0.05, 0) is 46.2 Å². The Morgan fingerprint density at radius 1 is 1.18 bits per heavy atom. The van der Waals surface area contributed by atoms with Gasteiger partial charge in [0.15, 0.2) is 5.58 Å². The SMILES string of the molecule is Cc1cc(C)n(CCCNC(C)CCn2ncn3c(cc4occc43)c2=O)n1. The summed E-state index contributed by atoms with van der Waals surface area (Å²) in [4.78, 5) is 12.7. The highest BCUT2D eigenvalue weighted by Gasteiger charge is 2.11. The number of furan rings is 1. The number of aryl methyl sites for hydroxylation is 4. The minimum absolute atomic E-state index is 0.0920. The molecule has 0 aliphatic carbocycles. The van der Waals surface area contributed by atoms with Gasteiger partial charge in [-0.25, -0.2) is 4.68 Å². The Labute approximate surface area is 162 Å². The predicted molar refractivity (Wildman–Crippen MR) is 108 cm³/mol. The normalized spacial score (nSPS) is 13.0. The van der Waals surface area contributed by atoms with Crippen LogP contribution in [-0.2, 0) is 13.1 Å². The van der Waals surface area contributed by atoms with Crippen molar-refractivity contribution in [3.8, 4) is 0 Å². The molecule has 1 N–H and O–H groups in total. The van der Waals surface area contributed by atoms with Crippen LogP contribution >= 0.6 is 0 Å². The highest BCUT2D eigenvalue weighted by molar-refractivity contribution is 5.81. The first-order valence-electron chi connectivity index (χ1n) is 9.72. The van der Waals surface area contributed by atoms with Gasteiger partial charge in [-0.3, -0.25) is 13.9 Å². The monoisotopic (exact) mass is 382 g/mol. The first-order valence-corrected chi connectivity index (χ1v) is 9.72. The minimum Gasteiger partial charge on any atom is -0.463 e. The summed E-state index contributed by atoms with van der Waals surface area (Å²) in [7, 11) is 0. The van der Waals surface area contributed by atoms with Crippen molar-refractivity contribution in [2.45, 2.75) is 52.7 Å². The molecular formula is C20H26N6O2. The van der Waals surface area contributed by atoms with Gasteiger partial charge in [0.05, 0.1) is 17.5 Å². The first-order chi connectivity index (χ1) is 13.5. The third kappa shape index (κ3) is 3.60. The van der Waals surface area contributed by atoms with Crippen LogP contribution in [0.4, 0.5) is 0 Å². The molecule has 4 rings (SSSR count). The molecular weight excluding hydrogens is 356 g/mol. The van der Waals surface area contributed by atoms with E-state index in [0.29, 0.717) is 23.7 Å². The van der Waals surface area contributed by atoms with E-state index in [4.69, 9.17) is 4.42 Å². The molecule has 1 unspecified atom stereocenters. The average Bonchev–Trinajstić information content (AvgIpc) is 3.33. The fourth-order valence-corrected chi connectivity index (χ4v) is 3.59. The van der Waals surface area contributed by atoms with Gasteiger partial charge >= 0.3 is 0 Å². The second-order valence-corrected chi connectivity index (χ2v) is 7.38. The van der Waals surface area contributed by atoms with E-state index in [1.807, 2.05) is 17.7 Å². The lowest BCUT2D eigenvalue weighted by molar-refractivity contribution is 0.433. The van der Waals surface area contributed by atoms with E-state index in [-0.39, 0.29) is 5.56 Å². The van der Waals surface area contributed by atoms with Crippen LogP contribution in [0.3, 0.4) is 0 Å². The lowest BCUT2D eigenvalue weighted by Crippen LogP contribution is -2.31. The summed E-state index contributed by atoms with van der Waals surface area (Å²) < 4.78 is 10.7. The number of hydrogen-bond acceptors (Lipinski definition) is 5. The number of aromatic nitrogens is 5. The van der Waals surface area contributed by atoms with Gasteiger partial charge in [-0.15, -0.1) is 0 Å². The molecule has 4 aromatic rings. The molecule has 1 atom stereocenters. The van der Waals surface area contributed by atoms with Crippen molar-refractivity contribution in [3.05, 3.63) is 52.5 Å². The van der Waals surface area contributed by atoms with E-state index in [9.17, 15) is 4.79 Å². The highest BCUT2D eigenvalue weighted by atomic mass is 16.3. The van der Waals surface area contributed by atoms with Crippen molar-refractivity contribution in [3.63, 3.8) is 0 Å². The molecule has 0 saturated heterocycles. The molecule has 0 amide bonds. The quantitative estimate of drug-likeness (QED) is 0.474. The van der Waals surface area contributed by atoms with Crippen LogP contribution in [0.2, 0.25) is 0 Å². The first kappa shape index (κ1) is 18.5. The van der Waals surface area contributed by atoms with Crippen molar-refractivity contribution in [1.29, 1.82) is 0 Å². The summed E-state index contributed by atoms with van der Waals surface area (Å²) in [6, 6.07) is 6.01. The van der Waals surface area contributed by atoms with E-state index in [0.717, 1.165) is 37.1 Å². The van der Waals surface area contributed by atoms with Gasteiger partial charge in [-0.2, -0.15) is 10.2 Å². The van der Waals surface area contributed by atoms with Crippen molar-refractivity contribution >= 4 is 16.6 Å². The van der Waals surface area contributed by atoms with Crippen molar-refractivity contribution in [2.75, 3.05) is 6.54 Å². The number of hydrogen-bond donors (Lipinski definition) is 1. The summed E-state index contributed by atoms with van der Waals surface area (Å²) in [5, 5.41) is 12.3. The van der Waals surface area contributed by atoms with Gasteiger partial charge in [0, 0.05) is 37.0 Å². The van der Waals surface area contributed by atoms with Crippen molar-refractivity contribution in [2.24, 2.45) is 0 Å². The maximum Gasteiger partial charge on any atom is 0.291 e. The smallest absolute Gasteiger partial charge is 0.291 e. The molecule has 0 aliphatic rings. The van der Waals surface area contributed by atoms with Crippen LogP contribution in [0, 0.1) is 13.8 Å². The van der Waals surface area contributed by atoms with E-state index < -0.39 is 0 Å². The van der Waals surface area contributed by atoms with Crippen LogP contribution < -0.4 is 10.9 Å². The van der Waals surface area contributed by atoms with Gasteiger partial charge in [0.1, 0.15) is 11.8 Å². The minimum atomic E-state index is -0.0920. The molecule has 148 valence electrons. The Hall–Kier alpha value is -2.87. The third-order valence-electron chi connectivity index (χ3n) is 5.14. The van der Waals surface area contributed by atoms with E-state index in [1.165, 1.54) is 10.4 Å². The van der Waals surface area contributed by atoms with Crippen LogP contribution in [0.15, 0.2) is 40.0 Å². The van der Waals surface area contributed by atoms with Gasteiger partial charge in [0.25, 0.3) is 5.56 Å². The molecule has 8 heteroatoms. The fraction of sp³-hybridized carbons (Fsp3) is 0.450. The summed E-state index contributed by atoms with van der Waals surface area (Å²) in [6.45, 7) is 8.63. The molecule has 0 aromatic carbocycles. The molecule has 0 spiro atoms. The molecule has 0 fully saturated rings. The zero-order valence-corrected chi connectivity index (χ0v) is 16.6. The van der Waals surface area contributed by atoms with Crippen LogP contribution in [0.5, 0.6) is 0 Å². The number of nitrogens with one attached hydrogen (secondary N) is 1. The summed E-state index contributed by atoms with van der Waals surface area (Å²) in [5.74, 6) is 0. The third-order valence-corrected chi connectivity index (χ3v) is 5.14. The summed E-state index contributed by atoms with van der Waals surface area (Å²) in [6.07, 6.45) is 5.14. The highest BCUT2D eigenvalue weighted by Crippen LogP contribution is 2.18. The van der Waals surface area contributed by atoms with Crippen molar-refractivity contribution < 1.29 is 4.42 Å². The maximum absolute atomic E-state index is 12.7. The lowest BCUT2D eigenvalue weighted by Gasteiger charge is -2.14. The zero-order chi connectivity index (χ0) is 19.7. The van der Waals surface area contributed by atoms with Gasteiger partial charge in [-0.1, -0.05) is 0 Å². The number of fused-ring (bicyclic) bond motifs is 3. The topological polar surface area (TPSA) is 82.3 Å².